The molecule has 1 heterocycles. The first-order valence-electron chi connectivity index (χ1n) is 9.57. The van der Waals surface area contributed by atoms with Crippen LogP contribution in [0.5, 0.6) is 5.75 Å². The Balaban J connectivity index is 0.00000306. The van der Waals surface area contributed by atoms with Gasteiger partial charge in [0.15, 0.2) is 0 Å². The van der Waals surface area contributed by atoms with Crippen molar-refractivity contribution in [3.05, 3.63) is 107 Å². The van der Waals surface area contributed by atoms with Gasteiger partial charge in [-0.2, -0.15) is 0 Å². The van der Waals surface area contributed by atoms with E-state index in [-0.39, 0.29) is 47.4 Å². The SMILES string of the molecule is O=C([O-])c1cccc(-c2ccccc2-c2cc(Cl)ccc2OCc2c(F)cccc2F)n1.[Na+]. The molecule has 4 nitrogen and oxygen atoms in total. The molecule has 0 N–H and O–H groups in total. The van der Waals surface area contributed by atoms with Crippen LogP contribution in [0.2, 0.25) is 5.02 Å². The molecule has 0 saturated carbocycles. The molecule has 33 heavy (non-hydrogen) atoms. The number of carboxylic acid groups (broad SMARTS) is 1. The molecular weight excluding hydrogens is 459 g/mol. The summed E-state index contributed by atoms with van der Waals surface area (Å²) in [5.74, 6) is -2.45. The monoisotopic (exact) mass is 473 g/mol. The summed E-state index contributed by atoms with van der Waals surface area (Å²) in [5, 5.41) is 11.7. The summed E-state index contributed by atoms with van der Waals surface area (Å²) in [6.07, 6.45) is 0. The summed E-state index contributed by atoms with van der Waals surface area (Å²) in [5.41, 5.74) is 1.86. The van der Waals surface area contributed by atoms with Crippen LogP contribution < -0.4 is 39.4 Å². The third kappa shape index (κ3) is 5.60. The van der Waals surface area contributed by atoms with Crippen molar-refractivity contribution in [1.29, 1.82) is 0 Å². The van der Waals surface area contributed by atoms with Crippen molar-refractivity contribution >= 4 is 17.6 Å². The number of rotatable bonds is 6. The van der Waals surface area contributed by atoms with Gasteiger partial charge in [0.05, 0.1) is 22.9 Å². The molecule has 0 fully saturated rings. The van der Waals surface area contributed by atoms with E-state index < -0.39 is 17.6 Å². The van der Waals surface area contributed by atoms with Crippen molar-refractivity contribution in [1.82, 2.24) is 4.98 Å². The predicted octanol–water partition coefficient (Wildman–Crippen LogP) is 2.29. The van der Waals surface area contributed by atoms with Crippen LogP contribution in [0.1, 0.15) is 16.1 Å². The standard InChI is InChI=1S/C25H16ClF2NO3.Na/c26-15-11-12-24(32-14-19-20(27)7-3-8-21(19)28)18(13-15)16-5-1-2-6-17(16)22-9-4-10-23(29-22)25(30)31;/h1-13H,14H2,(H,30,31);/q;+1/p-1. The molecule has 160 valence electrons. The van der Waals surface area contributed by atoms with E-state index in [1.165, 1.54) is 12.1 Å². The molecule has 0 aliphatic carbocycles. The van der Waals surface area contributed by atoms with Gasteiger partial charge in [0, 0.05) is 16.1 Å². The largest absolute Gasteiger partial charge is 1.00 e. The number of pyridine rings is 1. The zero-order valence-corrected chi connectivity index (χ0v) is 20.3. The Morgan fingerprint density at radius 2 is 1.55 bits per heavy atom. The number of ether oxygens (including phenoxy) is 1. The van der Waals surface area contributed by atoms with Gasteiger partial charge in [-0.3, -0.25) is 0 Å². The fourth-order valence-electron chi connectivity index (χ4n) is 3.30. The van der Waals surface area contributed by atoms with Crippen LogP contribution in [-0.2, 0) is 6.61 Å². The van der Waals surface area contributed by atoms with E-state index in [9.17, 15) is 18.7 Å². The molecule has 0 aliphatic rings. The number of aromatic nitrogens is 1. The Labute approximate surface area is 216 Å². The van der Waals surface area contributed by atoms with Gasteiger partial charge in [-0.05, 0) is 48.0 Å². The fraction of sp³-hybridized carbons (Fsp3) is 0.0400. The maximum absolute atomic E-state index is 14.0. The summed E-state index contributed by atoms with van der Waals surface area (Å²) in [6, 6.07) is 20.2. The van der Waals surface area contributed by atoms with E-state index in [1.54, 1.807) is 54.6 Å². The van der Waals surface area contributed by atoms with Gasteiger partial charge in [-0.1, -0.05) is 48.0 Å². The molecule has 0 spiro atoms. The Kier molecular flexibility index (Phi) is 8.21. The zero-order chi connectivity index (χ0) is 22.7. The van der Waals surface area contributed by atoms with Gasteiger partial charge in [-0.25, -0.2) is 13.8 Å². The Morgan fingerprint density at radius 1 is 0.879 bits per heavy atom. The molecule has 0 atom stereocenters. The van der Waals surface area contributed by atoms with E-state index in [1.807, 2.05) is 0 Å². The van der Waals surface area contributed by atoms with Crippen molar-refractivity contribution in [3.63, 3.8) is 0 Å². The Bertz CT molecular complexity index is 1300. The number of halogens is 3. The first kappa shape index (κ1) is 24.9. The number of carbonyl (C=O) groups excluding carboxylic acids is 1. The molecule has 0 saturated heterocycles. The fourth-order valence-corrected chi connectivity index (χ4v) is 3.47. The minimum Gasteiger partial charge on any atom is -0.543 e. The third-order valence-corrected chi connectivity index (χ3v) is 5.06. The van der Waals surface area contributed by atoms with E-state index in [4.69, 9.17) is 16.3 Å². The van der Waals surface area contributed by atoms with Gasteiger partial charge in [-0.15, -0.1) is 0 Å². The van der Waals surface area contributed by atoms with E-state index >= 15 is 0 Å². The molecule has 1 aromatic heterocycles. The minimum atomic E-state index is -1.39. The summed E-state index contributed by atoms with van der Waals surface area (Å²) in [6.45, 7) is -0.326. The van der Waals surface area contributed by atoms with Gasteiger partial charge in [0.1, 0.15) is 24.0 Å². The van der Waals surface area contributed by atoms with Crippen LogP contribution in [0.4, 0.5) is 8.78 Å². The summed E-state index contributed by atoms with van der Waals surface area (Å²) in [4.78, 5) is 15.4. The van der Waals surface area contributed by atoms with Crippen LogP contribution in [0.15, 0.2) is 78.9 Å². The Hall–Kier alpha value is -2.77. The topological polar surface area (TPSA) is 62.2 Å². The number of hydrogen-bond donors (Lipinski definition) is 0. The first-order chi connectivity index (χ1) is 15.4. The summed E-state index contributed by atoms with van der Waals surface area (Å²) in [7, 11) is 0. The molecule has 3 aromatic carbocycles. The normalized spacial score (nSPS) is 10.4. The van der Waals surface area contributed by atoms with Gasteiger partial charge in [0.2, 0.25) is 0 Å². The number of nitrogens with zero attached hydrogens (tertiary/aromatic N) is 1. The van der Waals surface area contributed by atoms with Crippen molar-refractivity contribution < 1.29 is 53.0 Å². The van der Waals surface area contributed by atoms with Crippen LogP contribution >= 0.6 is 11.6 Å². The van der Waals surface area contributed by atoms with Gasteiger partial charge >= 0.3 is 29.6 Å². The molecule has 8 heteroatoms. The molecular formula is C25H15ClF2NNaO3. The van der Waals surface area contributed by atoms with Crippen molar-refractivity contribution in [3.8, 4) is 28.1 Å². The maximum atomic E-state index is 14.0. The van der Waals surface area contributed by atoms with E-state index in [2.05, 4.69) is 4.98 Å². The average molecular weight is 474 g/mol. The minimum absolute atomic E-state index is 0. The van der Waals surface area contributed by atoms with Gasteiger partial charge < -0.3 is 14.6 Å². The molecule has 4 aromatic rings. The number of carboxylic acids is 1. The quantitative estimate of drug-likeness (QED) is 0.403. The van der Waals surface area contributed by atoms with E-state index in [0.717, 1.165) is 12.1 Å². The smallest absolute Gasteiger partial charge is 0.543 e. The number of hydrogen-bond acceptors (Lipinski definition) is 4. The van der Waals surface area contributed by atoms with E-state index in [0.29, 0.717) is 33.2 Å². The van der Waals surface area contributed by atoms with Gasteiger partial charge in [0.25, 0.3) is 0 Å². The Morgan fingerprint density at radius 3 is 2.24 bits per heavy atom. The summed E-state index contributed by atoms with van der Waals surface area (Å²) < 4.78 is 33.8. The van der Waals surface area contributed by atoms with Crippen LogP contribution in [-0.4, -0.2) is 11.0 Å². The van der Waals surface area contributed by atoms with Crippen LogP contribution in [0, 0.1) is 11.6 Å². The second-order valence-electron chi connectivity index (χ2n) is 6.87. The number of carbonyl (C=O) groups is 1. The average Bonchev–Trinajstić information content (AvgIpc) is 2.79. The second kappa shape index (κ2) is 10.9. The van der Waals surface area contributed by atoms with Crippen molar-refractivity contribution in [2.45, 2.75) is 6.61 Å². The number of aromatic carboxylic acids is 1. The van der Waals surface area contributed by atoms with Crippen molar-refractivity contribution in [2.75, 3.05) is 0 Å². The number of benzene rings is 3. The maximum Gasteiger partial charge on any atom is 1.00 e. The van der Waals surface area contributed by atoms with Crippen LogP contribution in [0.3, 0.4) is 0 Å². The molecule has 4 rings (SSSR count). The molecule has 0 aliphatic heterocycles. The first-order valence-corrected chi connectivity index (χ1v) is 9.95. The van der Waals surface area contributed by atoms with Crippen molar-refractivity contribution in [2.24, 2.45) is 0 Å². The zero-order valence-electron chi connectivity index (χ0n) is 17.5. The van der Waals surface area contributed by atoms with Crippen LogP contribution in [0.25, 0.3) is 22.4 Å². The third-order valence-electron chi connectivity index (χ3n) is 4.83. The summed E-state index contributed by atoms with van der Waals surface area (Å²) >= 11 is 6.22. The molecule has 0 radical (unpaired) electrons. The predicted molar refractivity (Wildman–Crippen MR) is 115 cm³/mol. The second-order valence-corrected chi connectivity index (χ2v) is 7.31. The molecule has 0 unspecified atom stereocenters. The molecule has 0 amide bonds. The molecule has 0 bridgehead atoms.